The van der Waals surface area contributed by atoms with Crippen LogP contribution in [-0.4, -0.2) is 27.8 Å². The molecule has 0 aliphatic carbocycles. The van der Waals surface area contributed by atoms with Gasteiger partial charge in [-0.25, -0.2) is 0 Å². The molecule has 0 amide bonds. The van der Waals surface area contributed by atoms with E-state index in [9.17, 15) is 9.90 Å². The topological polar surface area (TPSA) is 92.8 Å². The number of hydrogen-bond acceptors (Lipinski definition) is 4. The molecule has 0 saturated carbocycles. The zero-order chi connectivity index (χ0) is 13.9. The number of phenols is 1. The number of benzene rings is 1. The summed E-state index contributed by atoms with van der Waals surface area (Å²) in [6.07, 6.45) is 0.165. The molecule has 4 N–H and O–H groups in total. The lowest BCUT2D eigenvalue weighted by Gasteiger charge is -2.22. The molecule has 18 heavy (non-hydrogen) atoms. The fraction of sp³-hybridized carbons (Fsp3) is 0.462. The van der Waals surface area contributed by atoms with Gasteiger partial charge in [0.25, 0.3) is 0 Å². The van der Waals surface area contributed by atoms with E-state index in [1.807, 2.05) is 20.8 Å². The number of aromatic hydroxyl groups is 1. The van der Waals surface area contributed by atoms with E-state index in [4.69, 9.17) is 15.6 Å². The van der Waals surface area contributed by atoms with E-state index in [0.29, 0.717) is 11.3 Å². The number of carbonyl (C=O) groups is 1. The third-order valence-corrected chi connectivity index (χ3v) is 2.21. The summed E-state index contributed by atoms with van der Waals surface area (Å²) in [6.45, 7) is 5.63. The van der Waals surface area contributed by atoms with Gasteiger partial charge in [0.1, 0.15) is 11.6 Å². The SMILES string of the molecule is CC(C)(C)Oc1ccc(CC(N)C(=O)O)cc1O. The molecule has 1 rings (SSSR count). The molecule has 0 heterocycles. The Kier molecular flexibility index (Phi) is 4.19. The van der Waals surface area contributed by atoms with Gasteiger partial charge >= 0.3 is 5.97 Å². The van der Waals surface area contributed by atoms with Crippen molar-refractivity contribution in [2.75, 3.05) is 0 Å². The van der Waals surface area contributed by atoms with Gasteiger partial charge in [-0.1, -0.05) is 6.07 Å². The third kappa shape index (κ3) is 4.25. The van der Waals surface area contributed by atoms with E-state index < -0.39 is 17.6 Å². The Morgan fingerprint density at radius 3 is 2.50 bits per heavy atom. The van der Waals surface area contributed by atoms with E-state index in [0.717, 1.165) is 0 Å². The van der Waals surface area contributed by atoms with E-state index in [2.05, 4.69) is 0 Å². The van der Waals surface area contributed by atoms with Crippen molar-refractivity contribution in [1.29, 1.82) is 0 Å². The number of rotatable bonds is 4. The summed E-state index contributed by atoms with van der Waals surface area (Å²) in [5.41, 5.74) is 5.68. The molecule has 1 aromatic rings. The largest absolute Gasteiger partial charge is 0.504 e. The van der Waals surface area contributed by atoms with Crippen LogP contribution in [0.5, 0.6) is 11.5 Å². The van der Waals surface area contributed by atoms with Crippen LogP contribution in [0.25, 0.3) is 0 Å². The van der Waals surface area contributed by atoms with Gasteiger partial charge in [0.2, 0.25) is 0 Å². The quantitative estimate of drug-likeness (QED) is 0.756. The highest BCUT2D eigenvalue weighted by atomic mass is 16.5. The molecule has 0 bridgehead atoms. The molecule has 0 aromatic heterocycles. The van der Waals surface area contributed by atoms with Crippen LogP contribution in [0.2, 0.25) is 0 Å². The zero-order valence-electron chi connectivity index (χ0n) is 10.8. The first-order chi connectivity index (χ1) is 8.19. The molecule has 1 atom stereocenters. The second kappa shape index (κ2) is 5.27. The Morgan fingerprint density at radius 2 is 2.06 bits per heavy atom. The maximum Gasteiger partial charge on any atom is 0.320 e. The van der Waals surface area contributed by atoms with E-state index >= 15 is 0 Å². The fourth-order valence-electron chi connectivity index (χ4n) is 1.45. The Balaban J connectivity index is 2.83. The number of carboxylic acid groups (broad SMARTS) is 1. The molecule has 0 fully saturated rings. The summed E-state index contributed by atoms with van der Waals surface area (Å²) >= 11 is 0. The summed E-state index contributed by atoms with van der Waals surface area (Å²) in [5.74, 6) is -0.709. The van der Waals surface area contributed by atoms with Crippen LogP contribution in [0.3, 0.4) is 0 Å². The minimum absolute atomic E-state index is 0.0139. The van der Waals surface area contributed by atoms with Crippen LogP contribution in [0.4, 0.5) is 0 Å². The molecular weight excluding hydrogens is 234 g/mol. The van der Waals surface area contributed by atoms with E-state index in [1.165, 1.54) is 6.07 Å². The lowest BCUT2D eigenvalue weighted by molar-refractivity contribution is -0.138. The zero-order valence-corrected chi connectivity index (χ0v) is 10.8. The van der Waals surface area contributed by atoms with Crippen LogP contribution < -0.4 is 10.5 Å². The number of phenolic OH excluding ortho intramolecular Hbond substituents is 1. The monoisotopic (exact) mass is 253 g/mol. The molecular formula is C13H19NO4. The summed E-state index contributed by atoms with van der Waals surface area (Å²) in [6, 6.07) is 3.82. The molecule has 0 aliphatic heterocycles. The first kappa shape index (κ1) is 14.3. The minimum atomic E-state index is -1.07. The minimum Gasteiger partial charge on any atom is -0.504 e. The smallest absolute Gasteiger partial charge is 0.320 e. The van der Waals surface area contributed by atoms with Crippen molar-refractivity contribution in [3.05, 3.63) is 23.8 Å². The molecule has 5 nitrogen and oxygen atoms in total. The van der Waals surface area contributed by atoms with Crippen molar-refractivity contribution in [1.82, 2.24) is 0 Å². The van der Waals surface area contributed by atoms with Crippen molar-refractivity contribution in [2.24, 2.45) is 5.73 Å². The predicted octanol–water partition coefficient (Wildman–Crippen LogP) is 1.52. The Bertz CT molecular complexity index is 437. The lowest BCUT2D eigenvalue weighted by atomic mass is 10.1. The number of hydrogen-bond donors (Lipinski definition) is 3. The van der Waals surface area contributed by atoms with E-state index in [-0.39, 0.29) is 12.2 Å². The van der Waals surface area contributed by atoms with Crippen LogP contribution in [0.1, 0.15) is 26.3 Å². The van der Waals surface area contributed by atoms with Crippen molar-refractivity contribution < 1.29 is 19.7 Å². The van der Waals surface area contributed by atoms with Crippen LogP contribution in [-0.2, 0) is 11.2 Å². The van der Waals surface area contributed by atoms with Gasteiger partial charge in [-0.05, 0) is 44.9 Å². The number of aliphatic carboxylic acids is 1. The highest BCUT2D eigenvalue weighted by Gasteiger charge is 2.16. The van der Waals surface area contributed by atoms with Crippen molar-refractivity contribution in [3.8, 4) is 11.5 Å². The highest BCUT2D eigenvalue weighted by molar-refractivity contribution is 5.73. The lowest BCUT2D eigenvalue weighted by Crippen LogP contribution is -2.32. The normalized spacial score (nSPS) is 13.1. The second-order valence-electron chi connectivity index (χ2n) is 5.17. The maximum atomic E-state index is 10.6. The number of nitrogens with two attached hydrogens (primary N) is 1. The summed E-state index contributed by atoms with van der Waals surface area (Å²) in [5, 5.41) is 18.5. The average molecular weight is 253 g/mol. The average Bonchev–Trinajstić information content (AvgIpc) is 2.20. The molecule has 0 radical (unpaired) electrons. The van der Waals surface area contributed by atoms with Gasteiger partial charge in [-0.15, -0.1) is 0 Å². The molecule has 100 valence electrons. The van der Waals surface area contributed by atoms with Crippen molar-refractivity contribution >= 4 is 5.97 Å². The summed E-state index contributed by atoms with van der Waals surface area (Å²) < 4.78 is 5.54. The fourth-order valence-corrected chi connectivity index (χ4v) is 1.45. The van der Waals surface area contributed by atoms with E-state index in [1.54, 1.807) is 12.1 Å². The third-order valence-electron chi connectivity index (χ3n) is 2.21. The molecule has 5 heteroatoms. The van der Waals surface area contributed by atoms with Gasteiger partial charge < -0.3 is 20.7 Å². The number of ether oxygens (including phenoxy) is 1. The maximum absolute atomic E-state index is 10.6. The van der Waals surface area contributed by atoms with Crippen LogP contribution in [0, 0.1) is 0 Å². The summed E-state index contributed by atoms with van der Waals surface area (Å²) in [4.78, 5) is 10.6. The van der Waals surface area contributed by atoms with Crippen LogP contribution >= 0.6 is 0 Å². The molecule has 1 aromatic carbocycles. The Morgan fingerprint density at radius 1 is 1.44 bits per heavy atom. The Hall–Kier alpha value is -1.75. The van der Waals surface area contributed by atoms with Crippen molar-refractivity contribution in [2.45, 2.75) is 38.8 Å². The first-order valence-electron chi connectivity index (χ1n) is 5.68. The highest BCUT2D eigenvalue weighted by Crippen LogP contribution is 2.30. The first-order valence-corrected chi connectivity index (χ1v) is 5.68. The standard InChI is InChI=1S/C13H19NO4/c1-13(2,3)18-11-5-4-8(7-10(11)15)6-9(14)12(16)17/h4-5,7,9,15H,6,14H2,1-3H3,(H,16,17). The molecule has 0 spiro atoms. The molecule has 0 aliphatic rings. The van der Waals surface area contributed by atoms with Gasteiger partial charge in [-0.2, -0.15) is 0 Å². The Labute approximate surface area is 106 Å². The predicted molar refractivity (Wildman–Crippen MR) is 67.8 cm³/mol. The van der Waals surface area contributed by atoms with Gasteiger partial charge in [0, 0.05) is 0 Å². The summed E-state index contributed by atoms with van der Waals surface area (Å²) in [7, 11) is 0. The van der Waals surface area contributed by atoms with Gasteiger partial charge in [0.15, 0.2) is 11.5 Å². The molecule has 1 unspecified atom stereocenters. The number of carboxylic acids is 1. The van der Waals surface area contributed by atoms with Gasteiger partial charge in [0.05, 0.1) is 0 Å². The van der Waals surface area contributed by atoms with Crippen molar-refractivity contribution in [3.63, 3.8) is 0 Å². The van der Waals surface area contributed by atoms with Gasteiger partial charge in [-0.3, -0.25) is 4.79 Å². The second-order valence-corrected chi connectivity index (χ2v) is 5.17. The van der Waals surface area contributed by atoms with Crippen LogP contribution in [0.15, 0.2) is 18.2 Å². The molecule has 0 saturated heterocycles.